The SMILES string of the molecule is Cc1cc(Br)ccc1-n1nc(C(F)(F)F)c(CO)c1Cl. The van der Waals surface area contributed by atoms with E-state index in [1.807, 2.05) is 0 Å². The molecule has 0 aliphatic rings. The zero-order valence-electron chi connectivity index (χ0n) is 10.2. The second-order valence-electron chi connectivity index (χ2n) is 4.12. The van der Waals surface area contributed by atoms with Crippen molar-refractivity contribution in [3.63, 3.8) is 0 Å². The van der Waals surface area contributed by atoms with Gasteiger partial charge in [0, 0.05) is 10.0 Å². The lowest BCUT2D eigenvalue weighted by Crippen LogP contribution is -2.10. The molecule has 1 aromatic carbocycles. The summed E-state index contributed by atoms with van der Waals surface area (Å²) in [6.45, 7) is 0.896. The van der Waals surface area contributed by atoms with Gasteiger partial charge >= 0.3 is 6.18 Å². The van der Waals surface area contributed by atoms with Crippen LogP contribution >= 0.6 is 27.5 Å². The predicted octanol–water partition coefficient (Wildman–Crippen LogP) is 4.11. The highest BCUT2D eigenvalue weighted by molar-refractivity contribution is 9.10. The molecule has 0 aliphatic carbocycles. The third-order valence-corrected chi connectivity index (χ3v) is 3.62. The van der Waals surface area contributed by atoms with Crippen molar-refractivity contribution in [1.29, 1.82) is 0 Å². The van der Waals surface area contributed by atoms with Crippen LogP contribution in [0.1, 0.15) is 16.8 Å². The van der Waals surface area contributed by atoms with Crippen LogP contribution in [0.4, 0.5) is 13.2 Å². The van der Waals surface area contributed by atoms with E-state index in [9.17, 15) is 13.2 Å². The van der Waals surface area contributed by atoms with Crippen molar-refractivity contribution in [2.24, 2.45) is 0 Å². The molecule has 0 aliphatic heterocycles. The summed E-state index contributed by atoms with van der Waals surface area (Å²) in [6, 6.07) is 5.01. The van der Waals surface area contributed by atoms with Crippen molar-refractivity contribution in [3.8, 4) is 5.69 Å². The normalized spacial score (nSPS) is 11.9. The maximum atomic E-state index is 12.9. The van der Waals surface area contributed by atoms with Gasteiger partial charge in [0.05, 0.1) is 12.3 Å². The topological polar surface area (TPSA) is 38.0 Å². The minimum absolute atomic E-state index is 0.245. The molecule has 8 heteroatoms. The van der Waals surface area contributed by atoms with E-state index in [1.165, 1.54) is 0 Å². The number of aryl methyl sites for hydroxylation is 1. The number of nitrogens with zero attached hydrogens (tertiary/aromatic N) is 2. The van der Waals surface area contributed by atoms with Gasteiger partial charge in [0.25, 0.3) is 0 Å². The monoisotopic (exact) mass is 368 g/mol. The first-order valence-corrected chi connectivity index (χ1v) is 6.64. The Kier molecular flexibility index (Phi) is 4.13. The largest absolute Gasteiger partial charge is 0.435 e. The number of hydrogen-bond acceptors (Lipinski definition) is 2. The molecule has 2 rings (SSSR count). The van der Waals surface area contributed by atoms with E-state index < -0.39 is 24.0 Å². The quantitative estimate of drug-likeness (QED) is 0.865. The van der Waals surface area contributed by atoms with Crippen molar-refractivity contribution < 1.29 is 18.3 Å². The molecule has 0 saturated heterocycles. The van der Waals surface area contributed by atoms with E-state index in [1.54, 1.807) is 25.1 Å². The average molecular weight is 370 g/mol. The van der Waals surface area contributed by atoms with Gasteiger partial charge in [-0.15, -0.1) is 0 Å². The van der Waals surface area contributed by atoms with Crippen molar-refractivity contribution in [2.75, 3.05) is 0 Å². The Balaban J connectivity index is 2.67. The highest BCUT2D eigenvalue weighted by atomic mass is 79.9. The predicted molar refractivity (Wildman–Crippen MR) is 71.9 cm³/mol. The van der Waals surface area contributed by atoms with Gasteiger partial charge in [-0.2, -0.15) is 18.3 Å². The number of rotatable bonds is 2. The van der Waals surface area contributed by atoms with Crippen LogP contribution in [0.25, 0.3) is 5.69 Å². The minimum Gasteiger partial charge on any atom is -0.391 e. The van der Waals surface area contributed by atoms with Crippen LogP contribution in [0.2, 0.25) is 5.15 Å². The maximum Gasteiger partial charge on any atom is 0.435 e. The summed E-state index contributed by atoms with van der Waals surface area (Å²) in [5, 5.41) is 12.3. The molecule has 0 spiro atoms. The zero-order chi connectivity index (χ0) is 15.1. The van der Waals surface area contributed by atoms with Crippen molar-refractivity contribution >= 4 is 27.5 Å². The van der Waals surface area contributed by atoms with Gasteiger partial charge in [-0.25, -0.2) is 4.68 Å². The lowest BCUT2D eigenvalue weighted by Gasteiger charge is -2.07. The zero-order valence-corrected chi connectivity index (χ0v) is 12.5. The van der Waals surface area contributed by atoms with Crippen LogP contribution in [-0.2, 0) is 12.8 Å². The molecule has 108 valence electrons. The molecule has 0 saturated carbocycles. The summed E-state index contributed by atoms with van der Waals surface area (Å²) in [5.41, 5.74) is -0.487. The molecule has 20 heavy (non-hydrogen) atoms. The smallest absolute Gasteiger partial charge is 0.391 e. The third kappa shape index (κ3) is 2.70. The molecule has 0 atom stereocenters. The van der Waals surface area contributed by atoms with Gasteiger partial charge in [-0.05, 0) is 30.7 Å². The molecule has 1 heterocycles. The molecular weight excluding hydrogens is 360 g/mol. The molecule has 2 aromatic rings. The maximum absolute atomic E-state index is 12.9. The van der Waals surface area contributed by atoms with Crippen LogP contribution < -0.4 is 0 Å². The van der Waals surface area contributed by atoms with E-state index in [0.29, 0.717) is 11.3 Å². The van der Waals surface area contributed by atoms with Crippen LogP contribution in [-0.4, -0.2) is 14.9 Å². The Morgan fingerprint density at radius 1 is 1.40 bits per heavy atom. The van der Waals surface area contributed by atoms with Gasteiger partial charge in [-0.1, -0.05) is 27.5 Å². The van der Waals surface area contributed by atoms with Crippen molar-refractivity contribution in [2.45, 2.75) is 19.7 Å². The highest BCUT2D eigenvalue weighted by Gasteiger charge is 2.39. The Labute approximate surface area is 126 Å². The summed E-state index contributed by atoms with van der Waals surface area (Å²) < 4.78 is 40.3. The molecule has 0 bridgehead atoms. The molecule has 0 amide bonds. The first-order valence-electron chi connectivity index (χ1n) is 5.47. The average Bonchev–Trinajstić information content (AvgIpc) is 2.66. The summed E-state index contributed by atoms with van der Waals surface area (Å²) in [5.74, 6) is 0. The molecule has 3 nitrogen and oxygen atoms in total. The van der Waals surface area contributed by atoms with Gasteiger partial charge in [0.15, 0.2) is 5.69 Å². The second kappa shape index (κ2) is 5.38. The molecule has 1 N–H and O–H groups in total. The summed E-state index contributed by atoms with van der Waals surface area (Å²) in [7, 11) is 0. The van der Waals surface area contributed by atoms with Gasteiger partial charge in [0.1, 0.15) is 5.15 Å². The van der Waals surface area contributed by atoms with Gasteiger partial charge < -0.3 is 5.11 Å². The van der Waals surface area contributed by atoms with E-state index in [4.69, 9.17) is 16.7 Å². The van der Waals surface area contributed by atoms with Crippen LogP contribution in [0, 0.1) is 6.92 Å². The molecular formula is C12H9BrClF3N2O. The van der Waals surface area contributed by atoms with Gasteiger partial charge in [-0.3, -0.25) is 0 Å². The van der Waals surface area contributed by atoms with Gasteiger partial charge in [0.2, 0.25) is 0 Å². The molecule has 0 radical (unpaired) electrons. The number of halogens is 5. The lowest BCUT2D eigenvalue weighted by atomic mass is 10.2. The van der Waals surface area contributed by atoms with Crippen LogP contribution in [0.15, 0.2) is 22.7 Å². The minimum atomic E-state index is -4.67. The van der Waals surface area contributed by atoms with E-state index in [-0.39, 0.29) is 5.15 Å². The van der Waals surface area contributed by atoms with Crippen molar-refractivity contribution in [1.82, 2.24) is 9.78 Å². The third-order valence-electron chi connectivity index (χ3n) is 2.73. The molecule has 0 fully saturated rings. The fourth-order valence-corrected chi connectivity index (χ4v) is 2.57. The fraction of sp³-hybridized carbons (Fsp3) is 0.250. The molecule has 0 unspecified atom stereocenters. The van der Waals surface area contributed by atoms with Crippen LogP contribution in [0.5, 0.6) is 0 Å². The highest BCUT2D eigenvalue weighted by Crippen LogP contribution is 2.36. The molecule has 1 aromatic heterocycles. The lowest BCUT2D eigenvalue weighted by molar-refractivity contribution is -0.142. The van der Waals surface area contributed by atoms with E-state index in [2.05, 4.69) is 21.0 Å². The Morgan fingerprint density at radius 3 is 2.50 bits per heavy atom. The number of hydrogen-bond donors (Lipinski definition) is 1. The summed E-state index contributed by atoms with van der Waals surface area (Å²) in [6.07, 6.45) is -4.67. The number of aliphatic hydroxyl groups excluding tert-OH is 1. The number of aliphatic hydroxyl groups is 1. The first-order chi connectivity index (χ1) is 9.25. The number of alkyl halides is 3. The number of aromatic nitrogens is 2. The van der Waals surface area contributed by atoms with E-state index >= 15 is 0 Å². The summed E-state index contributed by atoms with van der Waals surface area (Å²) >= 11 is 9.18. The van der Waals surface area contributed by atoms with Crippen LogP contribution in [0.3, 0.4) is 0 Å². The standard InChI is InChI=1S/C12H9BrClF3N2O/c1-6-4-7(13)2-3-9(6)19-11(14)8(5-20)10(18-19)12(15,16)17/h2-4,20H,5H2,1H3. The van der Waals surface area contributed by atoms with Crippen molar-refractivity contribution in [3.05, 3.63) is 44.6 Å². The number of benzene rings is 1. The van der Waals surface area contributed by atoms with E-state index in [0.717, 1.165) is 9.15 Å². The fourth-order valence-electron chi connectivity index (χ4n) is 1.81. The Morgan fingerprint density at radius 2 is 2.05 bits per heavy atom. The second-order valence-corrected chi connectivity index (χ2v) is 5.39. The Hall–Kier alpha value is -1.05. The Bertz CT molecular complexity index is 655. The first kappa shape index (κ1) is 15.3. The summed E-state index contributed by atoms with van der Waals surface area (Å²) in [4.78, 5) is 0.